The summed E-state index contributed by atoms with van der Waals surface area (Å²) in [5, 5.41) is 6.97. The van der Waals surface area contributed by atoms with Gasteiger partial charge in [-0.3, -0.25) is 5.41 Å². The van der Waals surface area contributed by atoms with Crippen molar-refractivity contribution in [1.29, 1.82) is 5.41 Å². The summed E-state index contributed by atoms with van der Waals surface area (Å²) in [4.78, 5) is 4.05. The number of allylic oxidation sites excluding steroid dienone is 2. The molecule has 0 aromatic heterocycles. The molecule has 0 aliphatic heterocycles. The van der Waals surface area contributed by atoms with Crippen LogP contribution in [0.2, 0.25) is 0 Å². The maximum atomic E-state index is 6.97. The van der Waals surface area contributed by atoms with Crippen LogP contribution in [0.4, 0.5) is 0 Å². The third kappa shape index (κ3) is 6.29. The zero-order chi connectivity index (χ0) is 11.1. The van der Waals surface area contributed by atoms with E-state index in [-0.39, 0.29) is 0 Å². The summed E-state index contributed by atoms with van der Waals surface area (Å²) in [6.45, 7) is 8.60. The molecule has 0 amide bonds. The van der Waals surface area contributed by atoms with E-state index >= 15 is 0 Å². The molecule has 3 heteroatoms. The summed E-state index contributed by atoms with van der Waals surface area (Å²) in [7, 11) is 0. The third-order valence-corrected chi connectivity index (χ3v) is 2.46. The van der Waals surface area contributed by atoms with E-state index in [2.05, 4.69) is 61.4 Å². The van der Waals surface area contributed by atoms with Crippen LogP contribution >= 0.6 is 22.6 Å². The van der Waals surface area contributed by atoms with E-state index in [0.717, 1.165) is 18.5 Å². The van der Waals surface area contributed by atoms with Crippen molar-refractivity contribution in [3.05, 3.63) is 9.66 Å². The summed E-state index contributed by atoms with van der Waals surface area (Å²) >= 11 is 2.35. The Bertz CT molecular complexity index is 240. The highest BCUT2D eigenvalue weighted by Gasteiger charge is 2.04. The maximum absolute atomic E-state index is 6.97. The lowest BCUT2D eigenvalue weighted by Gasteiger charge is -2.07. The van der Waals surface area contributed by atoms with Gasteiger partial charge in [0.2, 0.25) is 0 Å². The van der Waals surface area contributed by atoms with Crippen LogP contribution in [0.25, 0.3) is 0 Å². The maximum Gasteiger partial charge on any atom is 0.107 e. The highest BCUT2D eigenvalue weighted by Crippen LogP contribution is 2.18. The minimum absolute atomic E-state index is 0.383. The Balaban J connectivity index is 4.56. The average Bonchev–Trinajstić information content (AvgIpc) is 2.01. The summed E-state index contributed by atoms with van der Waals surface area (Å²) in [5.74, 6) is 1.06. The molecule has 80 valence electrons. The van der Waals surface area contributed by atoms with Gasteiger partial charge >= 0.3 is 0 Å². The van der Waals surface area contributed by atoms with E-state index in [1.807, 2.05) is 0 Å². The normalized spacial score (nSPS) is 13.9. The van der Waals surface area contributed by atoms with E-state index in [9.17, 15) is 0 Å². The number of nitrogens with zero attached hydrogens (tertiary/aromatic N) is 1. The average molecular weight is 306 g/mol. The number of hydrogen-bond donors (Lipinski definition) is 1. The fourth-order valence-corrected chi connectivity index (χ4v) is 2.24. The van der Waals surface area contributed by atoms with E-state index in [0.29, 0.717) is 11.8 Å². The second kappa shape index (κ2) is 7.15. The number of halogens is 1. The van der Waals surface area contributed by atoms with Crippen molar-refractivity contribution >= 4 is 34.6 Å². The summed E-state index contributed by atoms with van der Waals surface area (Å²) in [5.41, 5.74) is 0.991. The Hall–Kier alpha value is -0.190. The number of aliphatic imine (C=N–C) groups is 1. The van der Waals surface area contributed by atoms with Crippen LogP contribution in [-0.4, -0.2) is 12.1 Å². The first-order chi connectivity index (χ1) is 6.47. The minimum atomic E-state index is 0.383. The van der Waals surface area contributed by atoms with Crippen molar-refractivity contribution < 1.29 is 0 Å². The fraction of sp³-hybridized carbons (Fsp3) is 0.636. The van der Waals surface area contributed by atoms with Gasteiger partial charge < -0.3 is 0 Å². The molecule has 0 aromatic rings. The molecule has 0 atom stereocenters. The summed E-state index contributed by atoms with van der Waals surface area (Å²) in [6, 6.07) is 0. The molecule has 0 aromatic carbocycles. The first kappa shape index (κ1) is 13.8. The molecule has 14 heavy (non-hydrogen) atoms. The molecule has 0 bridgehead atoms. The van der Waals surface area contributed by atoms with Crippen molar-refractivity contribution in [2.75, 3.05) is 0 Å². The summed E-state index contributed by atoms with van der Waals surface area (Å²) < 4.78 is 1.31. The zero-order valence-electron chi connectivity index (χ0n) is 9.34. The molecular formula is C11H19IN2. The monoisotopic (exact) mass is 306 g/mol. The largest absolute Gasteiger partial charge is 0.290 e. The molecule has 0 spiro atoms. The molecular weight excluding hydrogens is 287 g/mol. The van der Waals surface area contributed by atoms with E-state index < -0.39 is 0 Å². The fourth-order valence-electron chi connectivity index (χ4n) is 1.04. The van der Waals surface area contributed by atoms with Crippen LogP contribution in [0.5, 0.6) is 0 Å². The van der Waals surface area contributed by atoms with Crippen molar-refractivity contribution in [3.8, 4) is 0 Å². The van der Waals surface area contributed by atoms with E-state index in [4.69, 9.17) is 5.41 Å². The lowest BCUT2D eigenvalue weighted by molar-refractivity contribution is 0.661. The van der Waals surface area contributed by atoms with Crippen LogP contribution in [0.3, 0.4) is 0 Å². The number of nitrogens with one attached hydrogen (secondary N) is 1. The van der Waals surface area contributed by atoms with Gasteiger partial charge in [-0.1, -0.05) is 27.7 Å². The van der Waals surface area contributed by atoms with Crippen LogP contribution in [-0.2, 0) is 0 Å². The first-order valence-electron chi connectivity index (χ1n) is 4.90. The van der Waals surface area contributed by atoms with Gasteiger partial charge in [0.05, 0.1) is 0 Å². The molecule has 0 rings (SSSR count). The van der Waals surface area contributed by atoms with Gasteiger partial charge in [-0.05, 0) is 50.5 Å². The second-order valence-electron chi connectivity index (χ2n) is 4.03. The third-order valence-electron chi connectivity index (χ3n) is 1.71. The van der Waals surface area contributed by atoms with E-state index in [1.54, 1.807) is 0 Å². The molecule has 2 nitrogen and oxygen atoms in total. The standard InChI is InChI=1S/C11H19IN2/c1-8(2)5-10(12)6-11(9(3)4)14-7-13/h6-9,13H,5H2,1-4H3/b10-6-,13-7?,14-11+. The van der Waals surface area contributed by atoms with Gasteiger partial charge in [0.25, 0.3) is 0 Å². The van der Waals surface area contributed by atoms with Crippen molar-refractivity contribution in [3.63, 3.8) is 0 Å². The topological polar surface area (TPSA) is 36.2 Å². The number of hydrogen-bond acceptors (Lipinski definition) is 1. The van der Waals surface area contributed by atoms with Gasteiger partial charge in [-0.2, -0.15) is 0 Å². The van der Waals surface area contributed by atoms with Crippen LogP contribution < -0.4 is 0 Å². The highest BCUT2D eigenvalue weighted by atomic mass is 127. The Kier molecular flexibility index (Phi) is 7.05. The predicted octanol–water partition coefficient (Wildman–Crippen LogP) is 4.06. The zero-order valence-corrected chi connectivity index (χ0v) is 11.5. The molecule has 0 aliphatic rings. The molecule has 0 aliphatic carbocycles. The molecule has 0 radical (unpaired) electrons. The smallest absolute Gasteiger partial charge is 0.107 e. The Morgan fingerprint density at radius 2 is 1.93 bits per heavy atom. The van der Waals surface area contributed by atoms with Crippen LogP contribution in [0.1, 0.15) is 34.1 Å². The Labute approximate surface area is 101 Å². The molecule has 0 fully saturated rings. The van der Waals surface area contributed by atoms with Crippen LogP contribution in [0.15, 0.2) is 14.6 Å². The minimum Gasteiger partial charge on any atom is -0.290 e. The van der Waals surface area contributed by atoms with Crippen LogP contribution in [0, 0.1) is 17.2 Å². The van der Waals surface area contributed by atoms with Crippen molar-refractivity contribution in [2.24, 2.45) is 16.8 Å². The molecule has 0 saturated heterocycles. The van der Waals surface area contributed by atoms with Gasteiger partial charge in [-0.25, -0.2) is 4.99 Å². The molecule has 0 heterocycles. The molecule has 0 saturated carbocycles. The predicted molar refractivity (Wildman–Crippen MR) is 72.6 cm³/mol. The SMILES string of the molecule is CC(C)C/C(I)=C/C(=N\C=N)C(C)C. The Morgan fingerprint density at radius 1 is 1.36 bits per heavy atom. The number of rotatable bonds is 5. The van der Waals surface area contributed by atoms with Crippen molar-refractivity contribution in [1.82, 2.24) is 0 Å². The lowest BCUT2D eigenvalue weighted by Crippen LogP contribution is -2.05. The van der Waals surface area contributed by atoms with Gasteiger partial charge in [-0.15, -0.1) is 0 Å². The Morgan fingerprint density at radius 3 is 2.29 bits per heavy atom. The molecule has 1 N–H and O–H groups in total. The van der Waals surface area contributed by atoms with Gasteiger partial charge in [0, 0.05) is 5.71 Å². The second-order valence-corrected chi connectivity index (χ2v) is 5.41. The molecule has 0 unspecified atom stereocenters. The first-order valence-corrected chi connectivity index (χ1v) is 5.98. The lowest BCUT2D eigenvalue weighted by atomic mass is 10.1. The quantitative estimate of drug-likeness (QED) is 0.452. The van der Waals surface area contributed by atoms with Gasteiger partial charge in [0.15, 0.2) is 0 Å². The van der Waals surface area contributed by atoms with Gasteiger partial charge in [0.1, 0.15) is 6.34 Å². The van der Waals surface area contributed by atoms with Crippen molar-refractivity contribution in [2.45, 2.75) is 34.1 Å². The highest BCUT2D eigenvalue weighted by molar-refractivity contribution is 14.1. The summed E-state index contributed by atoms with van der Waals surface area (Å²) in [6.07, 6.45) is 4.30. The van der Waals surface area contributed by atoms with E-state index in [1.165, 1.54) is 3.58 Å².